The maximum Gasteiger partial charge on any atom is 0.416 e. The molecule has 9 heteroatoms. The predicted molar refractivity (Wildman–Crippen MR) is 95.6 cm³/mol. The molecule has 1 aromatic heterocycles. The molecule has 1 N–H and O–H groups in total. The minimum absolute atomic E-state index is 0.0665. The molecule has 0 atom stereocenters. The summed E-state index contributed by atoms with van der Waals surface area (Å²) >= 11 is 0. The molecule has 0 aliphatic heterocycles. The zero-order valence-electron chi connectivity index (χ0n) is 14.6. The molecular weight excluding hydrogens is 395 g/mol. The number of hydrogen-bond acceptors (Lipinski definition) is 2. The van der Waals surface area contributed by atoms with Gasteiger partial charge in [0.25, 0.3) is 11.5 Å². The number of pyridine rings is 1. The van der Waals surface area contributed by atoms with Gasteiger partial charge in [0.2, 0.25) is 0 Å². The van der Waals surface area contributed by atoms with Crippen LogP contribution in [-0.2, 0) is 12.7 Å². The van der Waals surface area contributed by atoms with Crippen LogP contribution in [0.3, 0.4) is 0 Å². The largest absolute Gasteiger partial charge is 0.416 e. The maximum absolute atomic E-state index is 13.7. The minimum atomic E-state index is -4.47. The second kappa shape index (κ2) is 7.86. The summed E-state index contributed by atoms with van der Waals surface area (Å²) in [7, 11) is 0. The van der Waals surface area contributed by atoms with Crippen molar-refractivity contribution < 1.29 is 26.7 Å². The van der Waals surface area contributed by atoms with E-state index in [4.69, 9.17) is 0 Å². The zero-order valence-corrected chi connectivity index (χ0v) is 14.6. The Morgan fingerprint density at radius 3 is 2.31 bits per heavy atom. The number of rotatable bonds is 4. The summed E-state index contributed by atoms with van der Waals surface area (Å²) in [5.74, 6) is -2.72. The molecule has 0 spiro atoms. The van der Waals surface area contributed by atoms with Crippen molar-refractivity contribution in [2.24, 2.45) is 0 Å². The molecule has 0 fully saturated rings. The van der Waals surface area contributed by atoms with E-state index in [1.807, 2.05) is 0 Å². The number of amides is 1. The minimum Gasteiger partial charge on any atom is -0.319 e. The Bertz CT molecular complexity index is 1110. The number of hydrogen-bond donors (Lipinski definition) is 1. The van der Waals surface area contributed by atoms with Crippen molar-refractivity contribution >= 4 is 11.6 Å². The molecular formula is C20H13F5N2O2. The van der Waals surface area contributed by atoms with Gasteiger partial charge < -0.3 is 9.88 Å². The number of alkyl halides is 3. The molecule has 150 valence electrons. The molecule has 0 aliphatic carbocycles. The van der Waals surface area contributed by atoms with Gasteiger partial charge in [-0.2, -0.15) is 13.2 Å². The molecule has 0 aliphatic rings. The Morgan fingerprint density at radius 2 is 1.69 bits per heavy atom. The molecule has 3 aromatic rings. The molecule has 2 aromatic carbocycles. The standard InChI is InChI=1S/C20H13F5N2O2/c21-14-7-8-17(16(22)10-14)26-18(28)15-2-1-9-27(19(15)29)11-12-3-5-13(6-4-12)20(23,24)25/h1-10H,11H2,(H,26,28). The summed E-state index contributed by atoms with van der Waals surface area (Å²) < 4.78 is 65.7. The number of carbonyl (C=O) groups is 1. The lowest BCUT2D eigenvalue weighted by Gasteiger charge is -2.11. The predicted octanol–water partition coefficient (Wildman–Crippen LogP) is 4.45. The number of nitrogens with one attached hydrogen (secondary N) is 1. The third kappa shape index (κ3) is 4.68. The highest BCUT2D eigenvalue weighted by atomic mass is 19.4. The highest BCUT2D eigenvalue weighted by Gasteiger charge is 2.29. The van der Waals surface area contributed by atoms with E-state index in [-0.39, 0.29) is 17.8 Å². The number of carbonyl (C=O) groups excluding carboxylic acids is 1. The molecule has 29 heavy (non-hydrogen) atoms. The second-order valence-electron chi connectivity index (χ2n) is 6.13. The third-order valence-electron chi connectivity index (χ3n) is 4.08. The van der Waals surface area contributed by atoms with E-state index in [1.165, 1.54) is 30.5 Å². The monoisotopic (exact) mass is 408 g/mol. The van der Waals surface area contributed by atoms with Crippen molar-refractivity contribution in [2.75, 3.05) is 5.32 Å². The first-order chi connectivity index (χ1) is 13.6. The van der Waals surface area contributed by atoms with E-state index in [1.54, 1.807) is 0 Å². The maximum atomic E-state index is 13.7. The van der Waals surface area contributed by atoms with E-state index in [9.17, 15) is 31.5 Å². The molecule has 3 rings (SSSR count). The van der Waals surface area contributed by atoms with Gasteiger partial charge in [-0.3, -0.25) is 9.59 Å². The van der Waals surface area contributed by atoms with E-state index in [0.29, 0.717) is 11.6 Å². The van der Waals surface area contributed by atoms with Gasteiger partial charge in [-0.25, -0.2) is 8.78 Å². The molecule has 4 nitrogen and oxygen atoms in total. The van der Waals surface area contributed by atoms with Crippen molar-refractivity contribution in [3.05, 3.63) is 99.5 Å². The smallest absolute Gasteiger partial charge is 0.319 e. The molecule has 0 saturated heterocycles. The number of benzene rings is 2. The van der Waals surface area contributed by atoms with E-state index >= 15 is 0 Å². The molecule has 0 unspecified atom stereocenters. The van der Waals surface area contributed by atoms with Gasteiger partial charge in [-0.15, -0.1) is 0 Å². The molecule has 0 radical (unpaired) electrons. The lowest BCUT2D eigenvalue weighted by Crippen LogP contribution is -2.29. The van der Waals surface area contributed by atoms with Crippen LogP contribution in [-0.4, -0.2) is 10.5 Å². The molecule has 1 amide bonds. The lowest BCUT2D eigenvalue weighted by molar-refractivity contribution is -0.137. The van der Waals surface area contributed by atoms with Crippen LogP contribution < -0.4 is 10.9 Å². The normalized spacial score (nSPS) is 11.3. The van der Waals surface area contributed by atoms with E-state index in [0.717, 1.165) is 28.8 Å². The Morgan fingerprint density at radius 1 is 1.00 bits per heavy atom. The van der Waals surface area contributed by atoms with Crippen molar-refractivity contribution in [2.45, 2.75) is 12.7 Å². The second-order valence-corrected chi connectivity index (χ2v) is 6.13. The van der Waals surface area contributed by atoms with Gasteiger partial charge in [-0.05, 0) is 42.0 Å². The highest BCUT2D eigenvalue weighted by Crippen LogP contribution is 2.29. The van der Waals surface area contributed by atoms with Gasteiger partial charge in [0.05, 0.1) is 17.8 Å². The zero-order chi connectivity index (χ0) is 21.2. The summed E-state index contributed by atoms with van der Waals surface area (Å²) in [5, 5.41) is 2.19. The van der Waals surface area contributed by atoms with Crippen LogP contribution in [0.1, 0.15) is 21.5 Å². The van der Waals surface area contributed by atoms with Gasteiger partial charge in [0.1, 0.15) is 17.2 Å². The number of anilines is 1. The van der Waals surface area contributed by atoms with Gasteiger partial charge in [0.15, 0.2) is 0 Å². The highest BCUT2D eigenvalue weighted by molar-refractivity contribution is 6.04. The molecule has 0 bridgehead atoms. The fourth-order valence-electron chi connectivity index (χ4n) is 2.61. The summed E-state index contributed by atoms with van der Waals surface area (Å²) in [6, 6.07) is 9.44. The first kappa shape index (κ1) is 20.2. The van der Waals surface area contributed by atoms with Crippen LogP contribution in [0.5, 0.6) is 0 Å². The number of halogens is 5. The topological polar surface area (TPSA) is 51.1 Å². The molecule has 1 heterocycles. The average Bonchev–Trinajstić information content (AvgIpc) is 2.65. The van der Waals surface area contributed by atoms with Crippen LogP contribution in [0.25, 0.3) is 0 Å². The first-order valence-corrected chi connectivity index (χ1v) is 8.27. The Labute approximate surface area is 161 Å². The van der Waals surface area contributed by atoms with Crippen molar-refractivity contribution in [3.63, 3.8) is 0 Å². The average molecular weight is 408 g/mol. The van der Waals surface area contributed by atoms with Gasteiger partial charge >= 0.3 is 6.18 Å². The number of nitrogens with zero attached hydrogens (tertiary/aromatic N) is 1. The first-order valence-electron chi connectivity index (χ1n) is 8.27. The fraction of sp³-hybridized carbons (Fsp3) is 0.100. The van der Waals surface area contributed by atoms with Crippen LogP contribution in [0, 0.1) is 11.6 Å². The van der Waals surface area contributed by atoms with Crippen LogP contribution in [0.15, 0.2) is 65.6 Å². The lowest BCUT2D eigenvalue weighted by atomic mass is 10.1. The summed E-state index contributed by atoms with van der Waals surface area (Å²) in [6.07, 6.45) is -3.10. The van der Waals surface area contributed by atoms with Crippen molar-refractivity contribution in [1.82, 2.24) is 4.57 Å². The van der Waals surface area contributed by atoms with Crippen LogP contribution in [0.4, 0.5) is 27.6 Å². The van der Waals surface area contributed by atoms with Crippen molar-refractivity contribution in [3.8, 4) is 0 Å². The van der Waals surface area contributed by atoms with Crippen LogP contribution >= 0.6 is 0 Å². The number of aromatic nitrogens is 1. The van der Waals surface area contributed by atoms with Gasteiger partial charge in [-0.1, -0.05) is 12.1 Å². The molecule has 0 saturated carbocycles. The SMILES string of the molecule is O=C(Nc1ccc(F)cc1F)c1cccn(Cc2ccc(C(F)(F)F)cc2)c1=O. The fourth-order valence-corrected chi connectivity index (χ4v) is 2.61. The summed E-state index contributed by atoms with van der Waals surface area (Å²) in [5.41, 5.74) is -1.71. The third-order valence-corrected chi connectivity index (χ3v) is 4.08. The van der Waals surface area contributed by atoms with Crippen LogP contribution in [0.2, 0.25) is 0 Å². The van der Waals surface area contributed by atoms with Crippen molar-refractivity contribution in [1.29, 1.82) is 0 Å². The van der Waals surface area contributed by atoms with Gasteiger partial charge in [0, 0.05) is 12.3 Å². The Balaban J connectivity index is 1.82. The Kier molecular flexibility index (Phi) is 5.49. The Hall–Kier alpha value is -3.49. The summed E-state index contributed by atoms with van der Waals surface area (Å²) in [6.45, 7) is -0.0665. The van der Waals surface area contributed by atoms with E-state index in [2.05, 4.69) is 5.32 Å². The summed E-state index contributed by atoms with van der Waals surface area (Å²) in [4.78, 5) is 24.9. The van der Waals surface area contributed by atoms with E-state index < -0.39 is 34.8 Å². The quantitative estimate of drug-likeness (QED) is 0.649.